The molecule has 1 heterocycles. The molecule has 0 aliphatic heterocycles. The van der Waals surface area contributed by atoms with Crippen molar-refractivity contribution >= 4 is 29.3 Å². The largest absolute Gasteiger partial charge is 0.461 e. The van der Waals surface area contributed by atoms with E-state index in [-0.39, 0.29) is 48.8 Å². The van der Waals surface area contributed by atoms with Gasteiger partial charge in [0.2, 0.25) is 5.91 Å². The van der Waals surface area contributed by atoms with Crippen molar-refractivity contribution in [1.82, 2.24) is 15.1 Å². The standard InChI is InChI=1S/C31H42N6O5/c1-31(2)15-25-29(26(38)16-31)24(13-18-3-4-18)36-37(25)20-7-10-22(30(33)41)23(14-20)35-19-5-8-21(9-6-19)42-28(40)17-34-27(39)11-12-32/h7,10,14,18-19,21,35H,3-6,8-9,11-13,15-17,32H2,1-2H3,(H2,33,41)(H,34,39)/t19-,21-. The first-order chi connectivity index (χ1) is 20.0. The number of ether oxygens (including phenoxy) is 1. The van der Waals surface area contributed by atoms with Gasteiger partial charge < -0.3 is 26.8 Å². The van der Waals surface area contributed by atoms with Crippen molar-refractivity contribution < 1.29 is 23.9 Å². The fraction of sp³-hybridized carbons (Fsp3) is 0.581. The fourth-order valence-corrected chi connectivity index (χ4v) is 6.14. The SMILES string of the molecule is CC1(C)CC(=O)c2c(CC3CC3)nn(-c3ccc(C(N)=O)c(N[C@H]4CC[C@H](OC(=O)CNC(=O)CCN)CC4)c3)c2C1. The van der Waals surface area contributed by atoms with Gasteiger partial charge in [0.15, 0.2) is 5.78 Å². The lowest BCUT2D eigenvalue weighted by Crippen LogP contribution is -2.36. The molecule has 2 saturated carbocycles. The minimum absolute atomic E-state index is 0.0510. The molecule has 1 aromatic carbocycles. The number of anilines is 1. The minimum atomic E-state index is -0.531. The maximum absolute atomic E-state index is 13.2. The quantitative estimate of drug-likeness (QED) is 0.295. The van der Waals surface area contributed by atoms with Gasteiger partial charge in [-0.05, 0) is 80.9 Å². The summed E-state index contributed by atoms with van der Waals surface area (Å²) in [7, 11) is 0. The third kappa shape index (κ3) is 7.00. The first-order valence-corrected chi connectivity index (χ1v) is 15.0. The monoisotopic (exact) mass is 578 g/mol. The van der Waals surface area contributed by atoms with E-state index in [1.807, 2.05) is 16.8 Å². The van der Waals surface area contributed by atoms with Gasteiger partial charge in [-0.25, -0.2) is 4.68 Å². The Balaban J connectivity index is 1.30. The highest BCUT2D eigenvalue weighted by atomic mass is 16.5. The molecule has 0 radical (unpaired) electrons. The van der Waals surface area contributed by atoms with Gasteiger partial charge in [0.1, 0.15) is 12.6 Å². The Bertz CT molecular complexity index is 1370. The number of hydrogen-bond donors (Lipinski definition) is 4. The van der Waals surface area contributed by atoms with Crippen molar-refractivity contribution in [2.45, 2.75) is 90.2 Å². The van der Waals surface area contributed by atoms with Crippen LogP contribution in [0.4, 0.5) is 5.69 Å². The molecule has 11 heteroatoms. The molecule has 11 nitrogen and oxygen atoms in total. The third-order valence-electron chi connectivity index (χ3n) is 8.44. The fourth-order valence-electron chi connectivity index (χ4n) is 6.14. The summed E-state index contributed by atoms with van der Waals surface area (Å²) in [5.74, 6) is -0.521. The molecule has 226 valence electrons. The van der Waals surface area contributed by atoms with Gasteiger partial charge >= 0.3 is 5.97 Å². The zero-order valence-corrected chi connectivity index (χ0v) is 24.5. The molecule has 0 spiro atoms. The maximum atomic E-state index is 13.2. The molecule has 2 fully saturated rings. The number of Topliss-reactive ketones (excluding diaryl/α,β-unsaturated/α-hetero) is 1. The summed E-state index contributed by atoms with van der Waals surface area (Å²) in [4.78, 5) is 49.3. The number of benzene rings is 1. The summed E-state index contributed by atoms with van der Waals surface area (Å²) in [6.07, 6.45) is 7.12. The van der Waals surface area contributed by atoms with Crippen LogP contribution < -0.4 is 22.1 Å². The number of nitrogens with one attached hydrogen (secondary N) is 2. The van der Waals surface area contributed by atoms with E-state index in [0.717, 1.165) is 48.3 Å². The van der Waals surface area contributed by atoms with Crippen molar-refractivity contribution in [1.29, 1.82) is 0 Å². The molecular formula is C31H42N6O5. The Morgan fingerprint density at radius 1 is 1.10 bits per heavy atom. The summed E-state index contributed by atoms with van der Waals surface area (Å²) in [6, 6.07) is 5.51. The van der Waals surface area contributed by atoms with Gasteiger partial charge in [0.05, 0.1) is 28.2 Å². The van der Waals surface area contributed by atoms with Crippen molar-refractivity contribution in [2.75, 3.05) is 18.4 Å². The number of nitrogens with two attached hydrogens (primary N) is 2. The van der Waals surface area contributed by atoms with Crippen LogP contribution in [0.1, 0.15) is 97.3 Å². The van der Waals surface area contributed by atoms with Gasteiger partial charge in [-0.1, -0.05) is 13.8 Å². The minimum Gasteiger partial charge on any atom is -0.461 e. The van der Waals surface area contributed by atoms with Crippen LogP contribution >= 0.6 is 0 Å². The van der Waals surface area contributed by atoms with Crippen LogP contribution in [0, 0.1) is 11.3 Å². The molecule has 3 aliphatic rings. The molecule has 2 amide bonds. The predicted molar refractivity (Wildman–Crippen MR) is 157 cm³/mol. The third-order valence-corrected chi connectivity index (χ3v) is 8.44. The number of amides is 2. The Kier molecular flexibility index (Phi) is 8.68. The highest BCUT2D eigenvalue weighted by Gasteiger charge is 2.38. The number of rotatable bonds is 11. The second-order valence-corrected chi connectivity index (χ2v) is 12.8. The van der Waals surface area contributed by atoms with E-state index in [9.17, 15) is 19.2 Å². The molecule has 42 heavy (non-hydrogen) atoms. The van der Waals surface area contributed by atoms with E-state index in [4.69, 9.17) is 21.3 Å². The number of ketones is 1. The Labute approximate surface area is 246 Å². The number of primary amides is 1. The number of hydrogen-bond acceptors (Lipinski definition) is 8. The lowest BCUT2D eigenvalue weighted by Gasteiger charge is -2.30. The van der Waals surface area contributed by atoms with Crippen molar-refractivity contribution in [3.63, 3.8) is 0 Å². The van der Waals surface area contributed by atoms with E-state index in [1.54, 1.807) is 6.07 Å². The predicted octanol–water partition coefficient (Wildman–Crippen LogP) is 2.81. The summed E-state index contributed by atoms with van der Waals surface area (Å²) in [6.45, 7) is 4.27. The Morgan fingerprint density at radius 2 is 1.83 bits per heavy atom. The van der Waals surface area contributed by atoms with E-state index in [2.05, 4.69) is 24.5 Å². The van der Waals surface area contributed by atoms with E-state index in [0.29, 0.717) is 36.4 Å². The van der Waals surface area contributed by atoms with Crippen LogP contribution in [0.15, 0.2) is 18.2 Å². The molecule has 2 aromatic rings. The lowest BCUT2D eigenvalue weighted by atomic mass is 9.75. The molecule has 3 aliphatic carbocycles. The van der Waals surface area contributed by atoms with Crippen molar-refractivity contribution in [2.24, 2.45) is 22.8 Å². The molecule has 0 atom stereocenters. The first-order valence-electron chi connectivity index (χ1n) is 15.0. The van der Waals surface area contributed by atoms with E-state index < -0.39 is 11.9 Å². The smallest absolute Gasteiger partial charge is 0.325 e. The van der Waals surface area contributed by atoms with Crippen LogP contribution in [0.3, 0.4) is 0 Å². The van der Waals surface area contributed by atoms with Crippen LogP contribution in [0.25, 0.3) is 5.69 Å². The number of carbonyl (C=O) groups is 4. The zero-order valence-electron chi connectivity index (χ0n) is 24.5. The topological polar surface area (TPSA) is 171 Å². The van der Waals surface area contributed by atoms with Crippen LogP contribution in [-0.4, -0.2) is 58.6 Å². The van der Waals surface area contributed by atoms with Crippen LogP contribution in [-0.2, 0) is 27.2 Å². The average Bonchev–Trinajstić information content (AvgIpc) is 3.67. The number of fused-ring (bicyclic) bond motifs is 1. The molecule has 5 rings (SSSR count). The van der Waals surface area contributed by atoms with Gasteiger partial charge in [-0.2, -0.15) is 5.10 Å². The Hall–Kier alpha value is -3.73. The Morgan fingerprint density at radius 3 is 2.50 bits per heavy atom. The number of esters is 1. The highest BCUT2D eigenvalue weighted by molar-refractivity contribution is 6.00. The normalized spacial score (nSPS) is 21.4. The van der Waals surface area contributed by atoms with Gasteiger partial charge in [-0.3, -0.25) is 19.2 Å². The number of nitrogens with zero attached hydrogens (tertiary/aromatic N) is 2. The molecule has 1 aromatic heterocycles. The maximum Gasteiger partial charge on any atom is 0.325 e. The van der Waals surface area contributed by atoms with E-state index >= 15 is 0 Å². The van der Waals surface area contributed by atoms with Gasteiger partial charge in [-0.15, -0.1) is 0 Å². The first kappa shape index (κ1) is 29.8. The molecule has 0 unspecified atom stereocenters. The van der Waals surface area contributed by atoms with Crippen molar-refractivity contribution in [3.8, 4) is 5.69 Å². The average molecular weight is 579 g/mol. The zero-order chi connectivity index (χ0) is 30.0. The molecular weight excluding hydrogens is 536 g/mol. The molecule has 6 N–H and O–H groups in total. The lowest BCUT2D eigenvalue weighted by molar-refractivity contribution is -0.150. The summed E-state index contributed by atoms with van der Waals surface area (Å²) in [5, 5.41) is 11.0. The second kappa shape index (κ2) is 12.2. The van der Waals surface area contributed by atoms with Gasteiger partial charge in [0.25, 0.3) is 5.91 Å². The number of carbonyl (C=O) groups excluding carboxylic acids is 4. The van der Waals surface area contributed by atoms with E-state index in [1.165, 1.54) is 12.8 Å². The van der Waals surface area contributed by atoms with Crippen LogP contribution in [0.2, 0.25) is 0 Å². The molecule has 0 bridgehead atoms. The molecule has 0 saturated heterocycles. The number of aromatic nitrogens is 2. The summed E-state index contributed by atoms with van der Waals surface area (Å²) in [5.41, 5.74) is 15.3. The van der Waals surface area contributed by atoms with Gasteiger partial charge in [0, 0.05) is 31.1 Å². The summed E-state index contributed by atoms with van der Waals surface area (Å²) < 4.78 is 7.44. The van der Waals surface area contributed by atoms with Crippen molar-refractivity contribution in [3.05, 3.63) is 40.7 Å². The second-order valence-electron chi connectivity index (χ2n) is 12.8. The van der Waals surface area contributed by atoms with Crippen LogP contribution in [0.5, 0.6) is 0 Å². The summed E-state index contributed by atoms with van der Waals surface area (Å²) >= 11 is 0. The highest BCUT2D eigenvalue weighted by Crippen LogP contribution is 2.40.